The van der Waals surface area contributed by atoms with Crippen LogP contribution >= 0.6 is 0 Å². The molecule has 0 spiro atoms. The van der Waals surface area contributed by atoms with Crippen molar-refractivity contribution in [1.82, 2.24) is 15.5 Å². The molecule has 6 heteroatoms. The third-order valence-corrected chi connectivity index (χ3v) is 3.99. The second-order valence-electron chi connectivity index (χ2n) is 6.12. The Morgan fingerprint density at radius 2 is 2.04 bits per heavy atom. The molecule has 1 unspecified atom stereocenters. The topological polar surface area (TPSA) is 77.2 Å². The van der Waals surface area contributed by atoms with Crippen LogP contribution in [0.1, 0.15) is 40.3 Å². The van der Waals surface area contributed by atoms with Crippen LogP contribution in [0.2, 0.25) is 0 Å². The Hall–Kier alpha value is -3.15. The van der Waals surface area contributed by atoms with Crippen molar-refractivity contribution < 1.29 is 14.1 Å². The fraction of sp³-hybridized carbons (Fsp3) is 0.250. The second kappa shape index (κ2) is 8.29. The average Bonchev–Trinajstić information content (AvgIpc) is 3.15. The normalized spacial score (nSPS) is 11.8. The van der Waals surface area contributed by atoms with Gasteiger partial charge in [0.1, 0.15) is 12.4 Å². The predicted molar refractivity (Wildman–Crippen MR) is 97.0 cm³/mol. The van der Waals surface area contributed by atoms with Crippen LogP contribution < -0.4 is 10.1 Å². The third-order valence-electron chi connectivity index (χ3n) is 3.99. The van der Waals surface area contributed by atoms with E-state index in [4.69, 9.17) is 9.26 Å². The van der Waals surface area contributed by atoms with Crippen molar-refractivity contribution in [2.45, 2.75) is 26.4 Å². The van der Waals surface area contributed by atoms with Crippen LogP contribution in [0.3, 0.4) is 0 Å². The number of ether oxygens (including phenoxy) is 1. The number of pyridine rings is 1. The molecule has 0 saturated heterocycles. The van der Waals surface area contributed by atoms with Crippen LogP contribution in [-0.2, 0) is 6.61 Å². The van der Waals surface area contributed by atoms with E-state index < -0.39 is 0 Å². The van der Waals surface area contributed by atoms with Crippen molar-refractivity contribution in [1.29, 1.82) is 0 Å². The largest absolute Gasteiger partial charge is 0.484 e. The molecule has 0 aliphatic rings. The Balaban J connectivity index is 1.50. The Morgan fingerprint density at radius 1 is 1.23 bits per heavy atom. The van der Waals surface area contributed by atoms with Gasteiger partial charge in [-0.25, -0.2) is 0 Å². The third kappa shape index (κ3) is 4.69. The Labute approximate surface area is 152 Å². The Kier molecular flexibility index (Phi) is 5.63. The monoisotopic (exact) mass is 351 g/mol. The summed E-state index contributed by atoms with van der Waals surface area (Å²) in [6, 6.07) is 15.3. The number of nitrogens with one attached hydrogen (secondary N) is 1. The first kappa shape index (κ1) is 17.7. The molecule has 3 rings (SSSR count). The molecule has 0 radical (unpaired) electrons. The van der Waals surface area contributed by atoms with E-state index in [1.54, 1.807) is 12.3 Å². The van der Waals surface area contributed by atoms with Gasteiger partial charge in [-0.1, -0.05) is 42.4 Å². The zero-order chi connectivity index (χ0) is 18.4. The molecular weight excluding hydrogens is 330 g/mol. The Morgan fingerprint density at radius 3 is 2.77 bits per heavy atom. The molecule has 2 heterocycles. The van der Waals surface area contributed by atoms with Crippen molar-refractivity contribution >= 4 is 5.91 Å². The first-order valence-electron chi connectivity index (χ1n) is 8.46. The lowest BCUT2D eigenvalue weighted by Crippen LogP contribution is -2.27. The summed E-state index contributed by atoms with van der Waals surface area (Å²) in [6.07, 6.45) is 1.64. The lowest BCUT2D eigenvalue weighted by Gasteiger charge is -2.12. The van der Waals surface area contributed by atoms with Crippen molar-refractivity contribution in [3.05, 3.63) is 77.4 Å². The van der Waals surface area contributed by atoms with Gasteiger partial charge in [-0.15, -0.1) is 0 Å². The molecule has 6 nitrogen and oxygen atoms in total. The van der Waals surface area contributed by atoms with Crippen LogP contribution in [0.25, 0.3) is 0 Å². The van der Waals surface area contributed by atoms with Gasteiger partial charge in [0.2, 0.25) is 0 Å². The maximum Gasteiger partial charge on any atom is 0.273 e. The van der Waals surface area contributed by atoms with Crippen LogP contribution in [0.4, 0.5) is 0 Å². The number of aromatic nitrogens is 2. The molecule has 134 valence electrons. The summed E-state index contributed by atoms with van der Waals surface area (Å²) < 4.78 is 10.7. The molecule has 1 N–H and O–H groups in total. The van der Waals surface area contributed by atoms with E-state index in [1.165, 1.54) is 5.56 Å². The molecule has 0 aliphatic carbocycles. The molecule has 0 saturated carbocycles. The molecular formula is C20H21N3O3. The van der Waals surface area contributed by atoms with Crippen LogP contribution in [0.5, 0.6) is 5.75 Å². The fourth-order valence-corrected chi connectivity index (χ4v) is 2.42. The highest BCUT2D eigenvalue weighted by molar-refractivity contribution is 5.92. The Bertz CT molecular complexity index is 844. The smallest absolute Gasteiger partial charge is 0.273 e. The molecule has 26 heavy (non-hydrogen) atoms. The zero-order valence-electron chi connectivity index (χ0n) is 14.8. The number of nitrogens with zero attached hydrogens (tertiary/aromatic N) is 2. The van der Waals surface area contributed by atoms with Gasteiger partial charge in [-0.2, -0.15) is 0 Å². The van der Waals surface area contributed by atoms with E-state index in [2.05, 4.69) is 22.4 Å². The summed E-state index contributed by atoms with van der Waals surface area (Å²) in [5, 5.41) is 6.69. The average molecular weight is 351 g/mol. The SMILES string of the molecule is Cc1ccc(OCc2cc(C(=O)NCC(C)c3ccccc3)no2)cn1. The molecule has 0 bridgehead atoms. The van der Waals surface area contributed by atoms with E-state index in [0.717, 1.165) is 5.69 Å². The number of carbonyl (C=O) groups is 1. The molecule has 1 aromatic carbocycles. The second-order valence-corrected chi connectivity index (χ2v) is 6.12. The predicted octanol–water partition coefficient (Wildman–Crippen LogP) is 3.49. The summed E-state index contributed by atoms with van der Waals surface area (Å²) in [6.45, 7) is 4.68. The number of aryl methyl sites for hydroxylation is 1. The summed E-state index contributed by atoms with van der Waals surface area (Å²) >= 11 is 0. The van der Waals surface area contributed by atoms with Crippen molar-refractivity contribution in [2.24, 2.45) is 0 Å². The number of hydrogen-bond acceptors (Lipinski definition) is 5. The van der Waals surface area contributed by atoms with Crippen LogP contribution in [0.15, 0.2) is 59.3 Å². The summed E-state index contributed by atoms with van der Waals surface area (Å²) in [7, 11) is 0. The van der Waals surface area contributed by atoms with E-state index in [1.807, 2.05) is 49.4 Å². The van der Waals surface area contributed by atoms with E-state index in [9.17, 15) is 4.79 Å². The standard InChI is InChI=1S/C20H21N3O3/c1-14(16-6-4-3-5-7-16)11-22-20(24)19-10-18(26-23-19)13-25-17-9-8-15(2)21-12-17/h3-10,12,14H,11,13H2,1-2H3,(H,22,24). The van der Waals surface area contributed by atoms with Gasteiger partial charge in [-0.3, -0.25) is 9.78 Å². The van der Waals surface area contributed by atoms with Gasteiger partial charge in [0.25, 0.3) is 5.91 Å². The first-order chi connectivity index (χ1) is 12.6. The molecule has 2 aromatic heterocycles. The molecule has 1 amide bonds. The van der Waals surface area contributed by atoms with E-state index in [-0.39, 0.29) is 24.1 Å². The van der Waals surface area contributed by atoms with Crippen molar-refractivity contribution in [3.8, 4) is 5.75 Å². The quantitative estimate of drug-likeness (QED) is 0.705. The molecule has 0 aliphatic heterocycles. The summed E-state index contributed by atoms with van der Waals surface area (Å²) in [4.78, 5) is 16.4. The number of amides is 1. The minimum Gasteiger partial charge on any atom is -0.484 e. The van der Waals surface area contributed by atoms with Gasteiger partial charge >= 0.3 is 0 Å². The lowest BCUT2D eigenvalue weighted by atomic mass is 10.0. The number of benzene rings is 1. The summed E-state index contributed by atoms with van der Waals surface area (Å²) in [5.41, 5.74) is 2.33. The van der Waals surface area contributed by atoms with Gasteiger partial charge < -0.3 is 14.6 Å². The maximum atomic E-state index is 12.2. The van der Waals surface area contributed by atoms with Gasteiger partial charge in [0, 0.05) is 18.3 Å². The van der Waals surface area contributed by atoms with Crippen molar-refractivity contribution in [2.75, 3.05) is 6.54 Å². The molecule has 3 aromatic rings. The number of rotatable bonds is 7. The molecule has 1 atom stereocenters. The van der Waals surface area contributed by atoms with Crippen molar-refractivity contribution in [3.63, 3.8) is 0 Å². The summed E-state index contributed by atoms with van der Waals surface area (Å²) in [5.74, 6) is 1.06. The highest BCUT2D eigenvalue weighted by Crippen LogP contribution is 2.14. The lowest BCUT2D eigenvalue weighted by molar-refractivity contribution is 0.0942. The van der Waals surface area contributed by atoms with E-state index in [0.29, 0.717) is 18.1 Å². The minimum absolute atomic E-state index is 0.186. The first-order valence-corrected chi connectivity index (χ1v) is 8.46. The maximum absolute atomic E-state index is 12.2. The highest BCUT2D eigenvalue weighted by Gasteiger charge is 2.14. The van der Waals surface area contributed by atoms with E-state index >= 15 is 0 Å². The highest BCUT2D eigenvalue weighted by atomic mass is 16.5. The zero-order valence-corrected chi connectivity index (χ0v) is 14.8. The van der Waals surface area contributed by atoms with Gasteiger partial charge in [0.15, 0.2) is 11.5 Å². The van der Waals surface area contributed by atoms with Gasteiger partial charge in [-0.05, 0) is 30.5 Å². The molecule has 0 fully saturated rings. The minimum atomic E-state index is -0.264. The van der Waals surface area contributed by atoms with Gasteiger partial charge in [0.05, 0.1) is 6.20 Å². The number of hydrogen-bond donors (Lipinski definition) is 1. The van der Waals surface area contributed by atoms with Crippen LogP contribution in [-0.4, -0.2) is 22.6 Å². The fourth-order valence-electron chi connectivity index (χ4n) is 2.42. The number of carbonyl (C=O) groups excluding carboxylic acids is 1. The van der Waals surface area contributed by atoms with Crippen LogP contribution in [0, 0.1) is 6.92 Å².